The molecular weight excluding hydrogens is 277 g/mol. The maximum Gasteiger partial charge on any atom is 0.248 e. The molecule has 0 unspecified atom stereocenters. The number of hydrogen-bond donors (Lipinski definition) is 2. The van der Waals surface area contributed by atoms with Crippen LogP contribution in [0.5, 0.6) is 0 Å². The average molecular weight is 295 g/mol. The summed E-state index contributed by atoms with van der Waals surface area (Å²) in [5.74, 6) is -0.756. The van der Waals surface area contributed by atoms with Gasteiger partial charge in [-0.15, -0.1) is 0 Å². The average Bonchev–Trinajstić information content (AvgIpc) is 2.45. The van der Waals surface area contributed by atoms with Crippen molar-refractivity contribution in [1.29, 1.82) is 0 Å². The van der Waals surface area contributed by atoms with Crippen LogP contribution in [0.3, 0.4) is 0 Å². The van der Waals surface area contributed by atoms with Crippen LogP contribution >= 0.6 is 0 Å². The number of hydrogen-bond acceptors (Lipinski definition) is 4. The lowest BCUT2D eigenvalue weighted by Crippen LogP contribution is -2.42. The summed E-state index contributed by atoms with van der Waals surface area (Å²) in [6.07, 6.45) is 0.843. The normalized spacial score (nSPS) is 15.1. The fraction of sp³-hybridized carbons (Fsp3) is 0.429. The van der Waals surface area contributed by atoms with Crippen LogP contribution in [-0.2, 0) is 14.3 Å². The number of ether oxygens (including phenoxy) is 1. The Morgan fingerprint density at radius 3 is 3.00 bits per heavy atom. The zero-order valence-electron chi connectivity index (χ0n) is 11.6. The van der Waals surface area contributed by atoms with E-state index < -0.39 is 5.82 Å². The number of nitrogens with two attached hydrogens (primary N) is 1. The Morgan fingerprint density at radius 2 is 2.29 bits per heavy atom. The van der Waals surface area contributed by atoms with Gasteiger partial charge in [0.2, 0.25) is 11.8 Å². The SMILES string of the molecule is Nc1cc(NC(=O)CCCN2CCOCC2=O)ccc1F. The van der Waals surface area contributed by atoms with Crippen molar-refractivity contribution in [2.45, 2.75) is 12.8 Å². The van der Waals surface area contributed by atoms with Gasteiger partial charge in [-0.2, -0.15) is 0 Å². The number of benzene rings is 1. The number of carbonyl (C=O) groups excluding carboxylic acids is 2. The Bertz CT molecular complexity index is 536. The first kappa shape index (κ1) is 15.2. The summed E-state index contributed by atoms with van der Waals surface area (Å²) in [5.41, 5.74) is 5.88. The lowest BCUT2D eigenvalue weighted by atomic mass is 10.2. The van der Waals surface area contributed by atoms with Crippen molar-refractivity contribution in [1.82, 2.24) is 4.90 Å². The second kappa shape index (κ2) is 7.03. The Balaban J connectivity index is 1.74. The van der Waals surface area contributed by atoms with Crippen LogP contribution in [0.4, 0.5) is 15.8 Å². The molecule has 2 amide bonds. The quantitative estimate of drug-likeness (QED) is 0.793. The fourth-order valence-corrected chi connectivity index (χ4v) is 2.06. The summed E-state index contributed by atoms with van der Waals surface area (Å²) in [6.45, 7) is 1.74. The fourth-order valence-electron chi connectivity index (χ4n) is 2.06. The number of anilines is 2. The number of morpholine rings is 1. The van der Waals surface area contributed by atoms with E-state index >= 15 is 0 Å². The molecule has 0 aliphatic carbocycles. The molecule has 1 heterocycles. The Kier molecular flexibility index (Phi) is 5.10. The molecular formula is C14H18FN3O3. The number of rotatable bonds is 5. The maximum absolute atomic E-state index is 13.0. The van der Waals surface area contributed by atoms with Crippen LogP contribution in [0.15, 0.2) is 18.2 Å². The number of halogens is 1. The van der Waals surface area contributed by atoms with Gasteiger partial charge < -0.3 is 20.7 Å². The summed E-state index contributed by atoms with van der Waals surface area (Å²) in [6, 6.07) is 4.03. The third-order valence-corrected chi connectivity index (χ3v) is 3.20. The molecule has 0 bridgehead atoms. The molecule has 1 aromatic rings. The first-order chi connectivity index (χ1) is 10.1. The van der Waals surface area contributed by atoms with Crippen molar-refractivity contribution < 1.29 is 18.7 Å². The molecule has 1 aromatic carbocycles. The second-order valence-electron chi connectivity index (χ2n) is 4.82. The molecule has 0 saturated carbocycles. The number of amides is 2. The first-order valence-corrected chi connectivity index (χ1v) is 6.76. The monoisotopic (exact) mass is 295 g/mol. The van der Waals surface area contributed by atoms with E-state index in [1.807, 2.05) is 0 Å². The smallest absolute Gasteiger partial charge is 0.248 e. The second-order valence-corrected chi connectivity index (χ2v) is 4.82. The van der Waals surface area contributed by atoms with Crippen LogP contribution in [0.1, 0.15) is 12.8 Å². The van der Waals surface area contributed by atoms with E-state index in [0.717, 1.165) is 0 Å². The molecule has 6 nitrogen and oxygen atoms in total. The lowest BCUT2D eigenvalue weighted by Gasteiger charge is -2.26. The summed E-state index contributed by atoms with van der Waals surface area (Å²) in [7, 11) is 0. The Morgan fingerprint density at radius 1 is 1.48 bits per heavy atom. The molecule has 0 atom stereocenters. The Hall–Kier alpha value is -2.15. The van der Waals surface area contributed by atoms with Gasteiger partial charge in [0, 0.05) is 25.2 Å². The van der Waals surface area contributed by atoms with Crippen molar-refractivity contribution in [3.63, 3.8) is 0 Å². The van der Waals surface area contributed by atoms with Crippen LogP contribution in [0.25, 0.3) is 0 Å². The largest absolute Gasteiger partial charge is 0.396 e. The molecule has 1 aliphatic rings. The molecule has 21 heavy (non-hydrogen) atoms. The highest BCUT2D eigenvalue weighted by atomic mass is 19.1. The molecule has 0 spiro atoms. The maximum atomic E-state index is 13.0. The van der Waals surface area contributed by atoms with Crippen molar-refractivity contribution in [2.24, 2.45) is 0 Å². The van der Waals surface area contributed by atoms with Crippen LogP contribution in [-0.4, -0.2) is 43.0 Å². The van der Waals surface area contributed by atoms with Gasteiger partial charge >= 0.3 is 0 Å². The first-order valence-electron chi connectivity index (χ1n) is 6.76. The standard InChI is InChI=1S/C14H18FN3O3/c15-11-4-3-10(8-12(11)16)17-13(19)2-1-5-18-6-7-21-9-14(18)20/h3-4,8H,1-2,5-7,9,16H2,(H,17,19). The third-order valence-electron chi connectivity index (χ3n) is 3.20. The zero-order chi connectivity index (χ0) is 15.2. The number of nitrogens with zero attached hydrogens (tertiary/aromatic N) is 1. The summed E-state index contributed by atoms with van der Waals surface area (Å²) >= 11 is 0. The molecule has 0 aromatic heterocycles. The van der Waals surface area contributed by atoms with E-state index in [1.165, 1.54) is 18.2 Å². The Labute approximate surface area is 122 Å². The summed E-state index contributed by atoms with van der Waals surface area (Å²) in [4.78, 5) is 24.9. The van der Waals surface area contributed by atoms with Gasteiger partial charge in [0.15, 0.2) is 0 Å². The van der Waals surface area contributed by atoms with E-state index in [2.05, 4.69) is 5.32 Å². The molecule has 2 rings (SSSR count). The summed E-state index contributed by atoms with van der Waals surface area (Å²) in [5, 5.41) is 2.65. The van der Waals surface area contributed by atoms with Gasteiger partial charge in [-0.25, -0.2) is 4.39 Å². The van der Waals surface area contributed by atoms with E-state index in [9.17, 15) is 14.0 Å². The topological polar surface area (TPSA) is 84.7 Å². The van der Waals surface area contributed by atoms with Crippen LogP contribution < -0.4 is 11.1 Å². The van der Waals surface area contributed by atoms with Gasteiger partial charge in [0.05, 0.1) is 12.3 Å². The van der Waals surface area contributed by atoms with Gasteiger partial charge in [-0.1, -0.05) is 0 Å². The zero-order valence-corrected chi connectivity index (χ0v) is 11.6. The lowest BCUT2D eigenvalue weighted by molar-refractivity contribution is -0.142. The van der Waals surface area contributed by atoms with E-state index in [0.29, 0.717) is 31.8 Å². The van der Waals surface area contributed by atoms with Gasteiger partial charge in [0.25, 0.3) is 0 Å². The van der Waals surface area contributed by atoms with Gasteiger partial charge in [0.1, 0.15) is 12.4 Å². The third kappa shape index (κ3) is 4.42. The minimum absolute atomic E-state index is 0.00767. The van der Waals surface area contributed by atoms with Crippen molar-refractivity contribution in [2.75, 3.05) is 37.4 Å². The summed E-state index contributed by atoms with van der Waals surface area (Å²) < 4.78 is 18.0. The molecule has 7 heteroatoms. The predicted molar refractivity (Wildman–Crippen MR) is 76.1 cm³/mol. The van der Waals surface area contributed by atoms with Gasteiger partial charge in [-0.3, -0.25) is 9.59 Å². The van der Waals surface area contributed by atoms with Gasteiger partial charge in [-0.05, 0) is 24.6 Å². The molecule has 1 fully saturated rings. The highest BCUT2D eigenvalue weighted by Gasteiger charge is 2.18. The van der Waals surface area contributed by atoms with E-state index in [4.69, 9.17) is 10.5 Å². The van der Waals surface area contributed by atoms with Crippen LogP contribution in [0.2, 0.25) is 0 Å². The highest BCUT2D eigenvalue weighted by Crippen LogP contribution is 2.16. The minimum atomic E-state index is -0.515. The minimum Gasteiger partial charge on any atom is -0.396 e. The molecule has 1 aliphatic heterocycles. The van der Waals surface area contributed by atoms with Crippen molar-refractivity contribution in [3.8, 4) is 0 Å². The highest BCUT2D eigenvalue weighted by molar-refractivity contribution is 5.91. The molecule has 114 valence electrons. The van der Waals surface area contributed by atoms with Crippen molar-refractivity contribution >= 4 is 23.2 Å². The number of nitrogens with one attached hydrogen (secondary N) is 1. The van der Waals surface area contributed by atoms with E-state index in [-0.39, 0.29) is 30.5 Å². The molecule has 0 radical (unpaired) electrons. The van der Waals surface area contributed by atoms with Crippen molar-refractivity contribution in [3.05, 3.63) is 24.0 Å². The molecule has 1 saturated heterocycles. The number of carbonyl (C=O) groups is 2. The predicted octanol–water partition coefficient (Wildman–Crippen LogP) is 0.985. The van der Waals surface area contributed by atoms with Crippen LogP contribution in [0, 0.1) is 5.82 Å². The number of nitrogen functional groups attached to an aromatic ring is 1. The molecule has 3 N–H and O–H groups in total. The van der Waals surface area contributed by atoms with E-state index in [1.54, 1.807) is 4.90 Å².